The third-order valence-corrected chi connectivity index (χ3v) is 3.77. The van der Waals surface area contributed by atoms with E-state index in [0.717, 1.165) is 36.3 Å². The van der Waals surface area contributed by atoms with Crippen LogP contribution in [0.5, 0.6) is 0 Å². The van der Waals surface area contributed by atoms with E-state index >= 15 is 0 Å². The van der Waals surface area contributed by atoms with Gasteiger partial charge in [-0.1, -0.05) is 0 Å². The van der Waals surface area contributed by atoms with Gasteiger partial charge >= 0.3 is 0 Å². The fourth-order valence-corrected chi connectivity index (χ4v) is 2.64. The first-order chi connectivity index (χ1) is 8.26. The van der Waals surface area contributed by atoms with Crippen molar-refractivity contribution in [2.75, 3.05) is 32.1 Å². The standard InChI is InChI=1S/C12H18BrN3O/c1-17-9-12(4-2-5-16-12)8-15-11-3-6-14-7-10(11)13/h3,6-7,16H,2,4-5,8-9H2,1H3,(H,14,15). The van der Waals surface area contributed by atoms with Crippen LogP contribution in [0.15, 0.2) is 22.9 Å². The number of methoxy groups -OCH3 is 1. The van der Waals surface area contributed by atoms with Gasteiger partial charge in [-0.3, -0.25) is 4.98 Å². The molecule has 4 nitrogen and oxygen atoms in total. The second-order valence-electron chi connectivity index (χ2n) is 4.45. The van der Waals surface area contributed by atoms with Crippen molar-refractivity contribution in [1.82, 2.24) is 10.3 Å². The third-order valence-electron chi connectivity index (χ3n) is 3.14. The fraction of sp³-hybridized carbons (Fsp3) is 0.583. The Kier molecular flexibility index (Phi) is 4.36. The van der Waals surface area contributed by atoms with E-state index in [-0.39, 0.29) is 5.54 Å². The summed E-state index contributed by atoms with van der Waals surface area (Å²) in [6, 6.07) is 1.97. The number of hydrogen-bond donors (Lipinski definition) is 2. The molecule has 0 spiro atoms. The molecular weight excluding hydrogens is 282 g/mol. The normalized spacial score (nSPS) is 23.9. The Balaban J connectivity index is 1.98. The van der Waals surface area contributed by atoms with Crippen LogP contribution in [0.25, 0.3) is 0 Å². The molecule has 1 unspecified atom stereocenters. The van der Waals surface area contributed by atoms with Gasteiger partial charge in [0.15, 0.2) is 0 Å². The van der Waals surface area contributed by atoms with Crippen molar-refractivity contribution >= 4 is 21.6 Å². The first-order valence-corrected chi connectivity index (χ1v) is 6.62. The minimum atomic E-state index is 0.0669. The molecule has 0 saturated carbocycles. The Hall–Kier alpha value is -0.650. The van der Waals surface area contributed by atoms with E-state index in [2.05, 4.69) is 31.5 Å². The summed E-state index contributed by atoms with van der Waals surface area (Å²) in [6.45, 7) is 2.68. The summed E-state index contributed by atoms with van der Waals surface area (Å²) in [5.74, 6) is 0. The predicted molar refractivity (Wildman–Crippen MR) is 72.3 cm³/mol. The molecule has 94 valence electrons. The lowest BCUT2D eigenvalue weighted by Gasteiger charge is -2.29. The van der Waals surface area contributed by atoms with E-state index in [0.29, 0.717) is 0 Å². The Morgan fingerprint density at radius 3 is 3.18 bits per heavy atom. The highest BCUT2D eigenvalue weighted by atomic mass is 79.9. The molecule has 2 N–H and O–H groups in total. The van der Waals surface area contributed by atoms with Crippen LogP contribution < -0.4 is 10.6 Å². The first-order valence-electron chi connectivity index (χ1n) is 5.83. The van der Waals surface area contributed by atoms with Gasteiger partial charge in [0.2, 0.25) is 0 Å². The highest BCUT2D eigenvalue weighted by Gasteiger charge is 2.33. The van der Waals surface area contributed by atoms with Crippen LogP contribution >= 0.6 is 15.9 Å². The van der Waals surface area contributed by atoms with Crippen molar-refractivity contribution in [3.63, 3.8) is 0 Å². The van der Waals surface area contributed by atoms with Crippen LogP contribution in [0.3, 0.4) is 0 Å². The summed E-state index contributed by atoms with van der Waals surface area (Å²) in [4.78, 5) is 4.05. The molecule has 0 aromatic carbocycles. The van der Waals surface area contributed by atoms with Crippen LogP contribution in [0.2, 0.25) is 0 Å². The number of anilines is 1. The zero-order valence-electron chi connectivity index (χ0n) is 10.0. The summed E-state index contributed by atoms with van der Waals surface area (Å²) in [7, 11) is 1.75. The van der Waals surface area contributed by atoms with Gasteiger partial charge in [0, 0.05) is 26.0 Å². The van der Waals surface area contributed by atoms with Gasteiger partial charge in [0.25, 0.3) is 0 Å². The first kappa shape index (κ1) is 12.8. The van der Waals surface area contributed by atoms with E-state index in [1.54, 1.807) is 19.5 Å². The smallest absolute Gasteiger partial charge is 0.0661 e. The van der Waals surface area contributed by atoms with E-state index in [1.165, 1.54) is 6.42 Å². The van der Waals surface area contributed by atoms with Gasteiger partial charge in [-0.2, -0.15) is 0 Å². The number of ether oxygens (including phenoxy) is 1. The Labute approximate surface area is 110 Å². The summed E-state index contributed by atoms with van der Waals surface area (Å²) in [5.41, 5.74) is 1.14. The highest BCUT2D eigenvalue weighted by Crippen LogP contribution is 2.24. The monoisotopic (exact) mass is 299 g/mol. The maximum absolute atomic E-state index is 5.32. The SMILES string of the molecule is COCC1(CNc2ccncc2Br)CCCN1. The van der Waals surface area contributed by atoms with E-state index in [9.17, 15) is 0 Å². The largest absolute Gasteiger partial charge is 0.383 e. The molecule has 0 amide bonds. The Morgan fingerprint density at radius 1 is 1.65 bits per heavy atom. The number of aromatic nitrogens is 1. The molecule has 1 fully saturated rings. The van der Waals surface area contributed by atoms with Gasteiger partial charge < -0.3 is 15.4 Å². The molecule has 5 heteroatoms. The van der Waals surface area contributed by atoms with Gasteiger partial charge in [-0.05, 0) is 41.4 Å². The molecule has 2 heterocycles. The lowest BCUT2D eigenvalue weighted by molar-refractivity contribution is 0.127. The molecule has 0 bridgehead atoms. The molecule has 1 aliphatic heterocycles. The van der Waals surface area contributed by atoms with Crippen LogP contribution in [-0.2, 0) is 4.74 Å². The zero-order chi connectivity index (χ0) is 12.1. The molecule has 1 aliphatic rings. The molecule has 1 aromatic heterocycles. The molecule has 1 atom stereocenters. The molecular formula is C12H18BrN3O. The molecule has 1 aromatic rings. The molecule has 0 radical (unpaired) electrons. The zero-order valence-corrected chi connectivity index (χ0v) is 11.6. The number of pyridine rings is 1. The van der Waals surface area contributed by atoms with Crippen molar-refractivity contribution in [2.45, 2.75) is 18.4 Å². The van der Waals surface area contributed by atoms with Gasteiger partial charge in [0.05, 0.1) is 22.3 Å². The predicted octanol–water partition coefficient (Wildman–Crippen LogP) is 2.02. The second-order valence-corrected chi connectivity index (χ2v) is 5.31. The lowest BCUT2D eigenvalue weighted by Crippen LogP contribution is -2.49. The van der Waals surface area contributed by atoms with E-state index < -0.39 is 0 Å². The highest BCUT2D eigenvalue weighted by molar-refractivity contribution is 9.10. The second kappa shape index (κ2) is 5.80. The number of hydrogen-bond acceptors (Lipinski definition) is 4. The lowest BCUT2D eigenvalue weighted by atomic mass is 9.98. The minimum Gasteiger partial charge on any atom is -0.383 e. The van der Waals surface area contributed by atoms with Crippen molar-refractivity contribution in [3.05, 3.63) is 22.9 Å². The number of nitrogens with zero attached hydrogens (tertiary/aromatic N) is 1. The van der Waals surface area contributed by atoms with Crippen molar-refractivity contribution in [3.8, 4) is 0 Å². The number of rotatable bonds is 5. The van der Waals surface area contributed by atoms with Crippen LogP contribution in [-0.4, -0.2) is 37.3 Å². The number of nitrogens with one attached hydrogen (secondary N) is 2. The third kappa shape index (κ3) is 3.18. The minimum absolute atomic E-state index is 0.0669. The van der Waals surface area contributed by atoms with E-state index in [1.807, 2.05) is 6.07 Å². The maximum atomic E-state index is 5.32. The number of halogens is 1. The molecule has 1 saturated heterocycles. The molecule has 0 aliphatic carbocycles. The average Bonchev–Trinajstić information content (AvgIpc) is 2.78. The van der Waals surface area contributed by atoms with Gasteiger partial charge in [-0.15, -0.1) is 0 Å². The van der Waals surface area contributed by atoms with Crippen molar-refractivity contribution in [2.24, 2.45) is 0 Å². The van der Waals surface area contributed by atoms with Gasteiger partial charge in [0.1, 0.15) is 0 Å². The Bertz CT molecular complexity index is 367. The molecule has 17 heavy (non-hydrogen) atoms. The van der Waals surface area contributed by atoms with Crippen molar-refractivity contribution in [1.29, 1.82) is 0 Å². The summed E-state index contributed by atoms with van der Waals surface area (Å²) < 4.78 is 6.31. The van der Waals surface area contributed by atoms with Gasteiger partial charge in [-0.25, -0.2) is 0 Å². The summed E-state index contributed by atoms with van der Waals surface area (Å²) >= 11 is 3.49. The maximum Gasteiger partial charge on any atom is 0.0661 e. The van der Waals surface area contributed by atoms with Crippen LogP contribution in [0.4, 0.5) is 5.69 Å². The van der Waals surface area contributed by atoms with E-state index in [4.69, 9.17) is 4.74 Å². The average molecular weight is 300 g/mol. The van der Waals surface area contributed by atoms with Crippen molar-refractivity contribution < 1.29 is 4.74 Å². The topological polar surface area (TPSA) is 46.2 Å². The Morgan fingerprint density at radius 2 is 2.53 bits per heavy atom. The fourth-order valence-electron chi connectivity index (χ4n) is 2.25. The quantitative estimate of drug-likeness (QED) is 0.873. The van der Waals surface area contributed by atoms with Crippen LogP contribution in [0.1, 0.15) is 12.8 Å². The molecule has 2 rings (SSSR count). The van der Waals surface area contributed by atoms with Crippen LogP contribution in [0, 0.1) is 0 Å². The summed E-state index contributed by atoms with van der Waals surface area (Å²) in [5, 5.41) is 6.99. The summed E-state index contributed by atoms with van der Waals surface area (Å²) in [6.07, 6.45) is 5.95.